The number of anilines is 1. The summed E-state index contributed by atoms with van der Waals surface area (Å²) >= 11 is 0. The Morgan fingerprint density at radius 3 is 2.75 bits per heavy atom. The molecule has 1 unspecified atom stereocenters. The topological polar surface area (TPSA) is 106 Å². The molecule has 3 heterocycles. The molecule has 4 rings (SSSR count). The summed E-state index contributed by atoms with van der Waals surface area (Å²) in [5, 5.41) is 6.65. The van der Waals surface area contributed by atoms with Crippen LogP contribution >= 0.6 is 0 Å². The van der Waals surface area contributed by atoms with Gasteiger partial charge in [-0.25, -0.2) is 14.1 Å². The molecular formula is C22H20FN5O4. The monoisotopic (exact) mass is 437 g/mol. The van der Waals surface area contributed by atoms with E-state index in [-0.39, 0.29) is 6.61 Å². The van der Waals surface area contributed by atoms with Crippen molar-refractivity contribution < 1.29 is 18.7 Å². The van der Waals surface area contributed by atoms with Gasteiger partial charge in [0.2, 0.25) is 5.43 Å². The first kappa shape index (κ1) is 21.2. The van der Waals surface area contributed by atoms with Crippen molar-refractivity contribution in [3.8, 4) is 11.4 Å². The molecule has 9 nitrogen and oxygen atoms in total. The van der Waals surface area contributed by atoms with Gasteiger partial charge in [0.25, 0.3) is 11.8 Å². The van der Waals surface area contributed by atoms with Crippen molar-refractivity contribution in [2.24, 2.45) is 0 Å². The first-order chi connectivity index (χ1) is 15.3. The van der Waals surface area contributed by atoms with Crippen LogP contribution in [0, 0.1) is 19.7 Å². The number of carbonyl (C=O) groups is 2. The van der Waals surface area contributed by atoms with Crippen LogP contribution in [-0.2, 0) is 4.79 Å². The van der Waals surface area contributed by atoms with Gasteiger partial charge < -0.3 is 10.1 Å². The molecule has 2 aromatic heterocycles. The van der Waals surface area contributed by atoms with Crippen molar-refractivity contribution in [3.63, 3.8) is 0 Å². The Labute approximate surface area is 182 Å². The summed E-state index contributed by atoms with van der Waals surface area (Å²) in [7, 11) is 1.52. The molecular weight excluding hydrogens is 417 g/mol. The number of likely N-dealkylation sites (N-methyl/N-ethyl adjacent to an activating group) is 1. The Morgan fingerprint density at radius 1 is 1.22 bits per heavy atom. The van der Waals surface area contributed by atoms with Gasteiger partial charge in [-0.3, -0.25) is 19.3 Å². The first-order valence-electron chi connectivity index (χ1n) is 9.80. The molecule has 0 saturated carbocycles. The van der Waals surface area contributed by atoms with Gasteiger partial charge >= 0.3 is 0 Å². The number of nitrogens with one attached hydrogen (secondary N) is 1. The molecule has 1 aliphatic heterocycles. The minimum Gasteiger partial charge on any atom is -0.487 e. The van der Waals surface area contributed by atoms with E-state index in [1.165, 1.54) is 35.0 Å². The smallest absolute Gasteiger partial charge is 0.276 e. The second-order valence-corrected chi connectivity index (χ2v) is 7.40. The lowest BCUT2D eigenvalue weighted by atomic mass is 10.2. The zero-order valence-electron chi connectivity index (χ0n) is 17.6. The van der Waals surface area contributed by atoms with E-state index in [2.05, 4.69) is 15.4 Å². The van der Waals surface area contributed by atoms with Gasteiger partial charge in [0.1, 0.15) is 18.5 Å². The average Bonchev–Trinajstić information content (AvgIpc) is 2.88. The third kappa shape index (κ3) is 3.82. The standard InChI is InChI=1S/C22H20FN5O4/c1-12-6-7-14(10-15(12)23)28-13(2)9-17(29)19(26-28)21(30)25-16-11-32-18-5-4-8-24-20(18)27(3)22(16)31/h4-10,16H,11H2,1-3H3,(H,25,30). The van der Waals surface area contributed by atoms with Crippen molar-refractivity contribution in [1.29, 1.82) is 0 Å². The Morgan fingerprint density at radius 2 is 2.00 bits per heavy atom. The van der Waals surface area contributed by atoms with Crippen LogP contribution in [0.15, 0.2) is 47.4 Å². The van der Waals surface area contributed by atoms with Crippen molar-refractivity contribution >= 4 is 17.6 Å². The summed E-state index contributed by atoms with van der Waals surface area (Å²) in [6.45, 7) is 3.10. The largest absolute Gasteiger partial charge is 0.487 e. The van der Waals surface area contributed by atoms with E-state index < -0.39 is 34.8 Å². The molecule has 164 valence electrons. The molecule has 0 bridgehead atoms. The van der Waals surface area contributed by atoms with Gasteiger partial charge in [0.05, 0.1) is 5.69 Å². The number of hydrogen-bond acceptors (Lipinski definition) is 6. The first-order valence-corrected chi connectivity index (χ1v) is 9.80. The number of rotatable bonds is 3. The van der Waals surface area contributed by atoms with Crippen LogP contribution < -0.4 is 20.4 Å². The number of pyridine rings is 1. The summed E-state index contributed by atoms with van der Waals surface area (Å²) in [5.74, 6) is -1.01. The molecule has 3 aromatic rings. The summed E-state index contributed by atoms with van der Waals surface area (Å²) < 4.78 is 21.0. The van der Waals surface area contributed by atoms with Crippen LogP contribution in [0.2, 0.25) is 0 Å². The molecule has 1 aromatic carbocycles. The lowest BCUT2D eigenvalue weighted by molar-refractivity contribution is -0.120. The Balaban J connectivity index is 1.63. The molecule has 0 saturated heterocycles. The predicted octanol–water partition coefficient (Wildman–Crippen LogP) is 1.54. The summed E-state index contributed by atoms with van der Waals surface area (Å²) in [5.41, 5.74) is 0.188. The van der Waals surface area contributed by atoms with E-state index >= 15 is 0 Å². The SMILES string of the molecule is Cc1ccc(-n2nc(C(=O)NC3COc4cccnc4N(C)C3=O)c(=O)cc2C)cc1F. The van der Waals surface area contributed by atoms with Crippen molar-refractivity contribution in [1.82, 2.24) is 20.1 Å². The lowest BCUT2D eigenvalue weighted by Crippen LogP contribution is -2.50. The summed E-state index contributed by atoms with van der Waals surface area (Å²) in [6.07, 6.45) is 1.53. The number of fused-ring (bicyclic) bond motifs is 1. The Hall–Kier alpha value is -4.08. The van der Waals surface area contributed by atoms with E-state index in [4.69, 9.17) is 4.74 Å². The fourth-order valence-corrected chi connectivity index (χ4v) is 3.34. The van der Waals surface area contributed by atoms with E-state index in [0.717, 1.165) is 0 Å². The van der Waals surface area contributed by atoms with Gasteiger partial charge in [-0.05, 0) is 43.7 Å². The normalized spacial score (nSPS) is 15.6. The van der Waals surface area contributed by atoms with Crippen LogP contribution in [-0.4, -0.2) is 46.3 Å². The van der Waals surface area contributed by atoms with Gasteiger partial charge in [0.15, 0.2) is 17.3 Å². The highest BCUT2D eigenvalue weighted by molar-refractivity contribution is 6.02. The van der Waals surface area contributed by atoms with Gasteiger partial charge in [0, 0.05) is 25.0 Å². The Bertz CT molecular complexity index is 1290. The predicted molar refractivity (Wildman–Crippen MR) is 114 cm³/mol. The van der Waals surface area contributed by atoms with E-state index in [1.807, 2.05) is 0 Å². The van der Waals surface area contributed by atoms with Gasteiger partial charge in [-0.15, -0.1) is 0 Å². The van der Waals surface area contributed by atoms with Gasteiger partial charge in [-0.2, -0.15) is 5.10 Å². The average molecular weight is 437 g/mol. The maximum atomic E-state index is 14.0. The lowest BCUT2D eigenvalue weighted by Gasteiger charge is -2.19. The van der Waals surface area contributed by atoms with Crippen molar-refractivity contribution in [2.75, 3.05) is 18.6 Å². The second-order valence-electron chi connectivity index (χ2n) is 7.40. The molecule has 0 spiro atoms. The molecule has 32 heavy (non-hydrogen) atoms. The number of ether oxygens (including phenoxy) is 1. The molecule has 0 aliphatic carbocycles. The number of aromatic nitrogens is 3. The molecule has 2 amide bonds. The third-order valence-electron chi connectivity index (χ3n) is 5.13. The van der Waals surface area contributed by atoms with Crippen molar-refractivity contribution in [3.05, 3.63) is 75.6 Å². The molecule has 1 aliphatic rings. The zero-order valence-corrected chi connectivity index (χ0v) is 17.6. The van der Waals surface area contributed by atoms with Crippen LogP contribution in [0.25, 0.3) is 5.69 Å². The summed E-state index contributed by atoms with van der Waals surface area (Å²) in [6, 6.07) is 7.98. The van der Waals surface area contributed by atoms with E-state index in [9.17, 15) is 18.8 Å². The fraction of sp³-hybridized carbons (Fsp3) is 0.227. The Kier molecular flexibility index (Phi) is 5.43. The maximum absolute atomic E-state index is 14.0. The minimum absolute atomic E-state index is 0.142. The number of amides is 2. The van der Waals surface area contributed by atoms with Crippen LogP contribution in [0.4, 0.5) is 10.2 Å². The molecule has 0 fully saturated rings. The number of halogens is 1. The number of nitrogens with zero attached hydrogens (tertiary/aromatic N) is 4. The number of aryl methyl sites for hydroxylation is 2. The van der Waals surface area contributed by atoms with Gasteiger partial charge in [-0.1, -0.05) is 6.07 Å². The maximum Gasteiger partial charge on any atom is 0.276 e. The second kappa shape index (κ2) is 8.22. The van der Waals surface area contributed by atoms with Crippen LogP contribution in [0.3, 0.4) is 0 Å². The van der Waals surface area contributed by atoms with E-state index in [0.29, 0.717) is 28.5 Å². The number of hydrogen-bond donors (Lipinski definition) is 1. The molecule has 0 radical (unpaired) electrons. The quantitative estimate of drug-likeness (QED) is 0.666. The highest BCUT2D eigenvalue weighted by Gasteiger charge is 2.32. The number of carbonyl (C=O) groups excluding carboxylic acids is 2. The molecule has 1 N–H and O–H groups in total. The minimum atomic E-state index is -1.06. The van der Waals surface area contributed by atoms with Crippen LogP contribution in [0.1, 0.15) is 21.7 Å². The van der Waals surface area contributed by atoms with Crippen LogP contribution in [0.5, 0.6) is 5.75 Å². The summed E-state index contributed by atoms with van der Waals surface area (Å²) in [4.78, 5) is 43.6. The highest BCUT2D eigenvalue weighted by Crippen LogP contribution is 2.27. The van der Waals surface area contributed by atoms with Crippen molar-refractivity contribution in [2.45, 2.75) is 19.9 Å². The third-order valence-corrected chi connectivity index (χ3v) is 5.13. The van der Waals surface area contributed by atoms with E-state index in [1.54, 1.807) is 38.1 Å². The molecule has 1 atom stereocenters. The number of benzene rings is 1. The highest BCUT2D eigenvalue weighted by atomic mass is 19.1. The molecule has 10 heteroatoms. The fourth-order valence-electron chi connectivity index (χ4n) is 3.34. The zero-order chi connectivity index (χ0) is 23.0.